The minimum atomic E-state index is -0.504. The predicted molar refractivity (Wildman–Crippen MR) is 113 cm³/mol. The predicted octanol–water partition coefficient (Wildman–Crippen LogP) is 1.89. The van der Waals surface area contributed by atoms with Crippen LogP contribution >= 0.6 is 0 Å². The molecule has 0 radical (unpaired) electrons. The summed E-state index contributed by atoms with van der Waals surface area (Å²) >= 11 is 0. The van der Waals surface area contributed by atoms with Gasteiger partial charge in [-0.1, -0.05) is 46.8 Å². The van der Waals surface area contributed by atoms with E-state index in [4.69, 9.17) is 4.74 Å². The van der Waals surface area contributed by atoms with Crippen molar-refractivity contribution in [2.45, 2.75) is 59.5 Å². The molecule has 0 unspecified atom stereocenters. The summed E-state index contributed by atoms with van der Waals surface area (Å²) in [4.78, 5) is 14.6. The number of hydrogen-bond donors (Lipinski definition) is 2. The van der Waals surface area contributed by atoms with Crippen LogP contribution in [-0.4, -0.2) is 61.3 Å². The molecule has 2 rings (SSSR count). The number of carbonyl (C=O) groups is 1. The molecule has 28 heavy (non-hydrogen) atoms. The van der Waals surface area contributed by atoms with Gasteiger partial charge in [-0.15, -0.1) is 0 Å². The summed E-state index contributed by atoms with van der Waals surface area (Å²) in [6, 6.07) is 8.29. The number of amides is 1. The van der Waals surface area contributed by atoms with Crippen LogP contribution in [0, 0.1) is 5.41 Å². The van der Waals surface area contributed by atoms with E-state index < -0.39 is 6.10 Å². The van der Waals surface area contributed by atoms with E-state index in [-0.39, 0.29) is 16.7 Å². The Morgan fingerprint density at radius 3 is 2.21 bits per heavy atom. The van der Waals surface area contributed by atoms with Gasteiger partial charge < -0.3 is 19.6 Å². The molecule has 1 saturated heterocycles. The summed E-state index contributed by atoms with van der Waals surface area (Å²) in [6.07, 6.45) is 0.606. The molecule has 1 aromatic rings. The molecule has 0 bridgehead atoms. The second-order valence-corrected chi connectivity index (χ2v) is 10.1. The molecule has 1 fully saturated rings. The Morgan fingerprint density at radius 1 is 1.14 bits per heavy atom. The first-order valence-corrected chi connectivity index (χ1v) is 10.5. The van der Waals surface area contributed by atoms with Crippen molar-refractivity contribution in [3.05, 3.63) is 29.8 Å². The van der Waals surface area contributed by atoms with Crippen LogP contribution in [0.25, 0.3) is 0 Å². The van der Waals surface area contributed by atoms with E-state index in [2.05, 4.69) is 46.8 Å². The lowest BCUT2D eigenvalue weighted by molar-refractivity contribution is -0.907. The van der Waals surface area contributed by atoms with Gasteiger partial charge in [0.25, 0.3) is 0 Å². The number of benzene rings is 1. The van der Waals surface area contributed by atoms with Gasteiger partial charge in [-0.3, -0.25) is 4.79 Å². The van der Waals surface area contributed by atoms with Crippen molar-refractivity contribution in [1.82, 2.24) is 4.90 Å². The molecule has 0 spiro atoms. The number of piperazine rings is 1. The Kier molecular flexibility index (Phi) is 7.52. The van der Waals surface area contributed by atoms with Crippen molar-refractivity contribution >= 4 is 5.91 Å². The first-order chi connectivity index (χ1) is 13.0. The number of hydrogen-bond acceptors (Lipinski definition) is 3. The van der Waals surface area contributed by atoms with Crippen LogP contribution < -0.4 is 9.64 Å². The zero-order valence-corrected chi connectivity index (χ0v) is 18.5. The van der Waals surface area contributed by atoms with Crippen molar-refractivity contribution in [3.8, 4) is 5.75 Å². The molecule has 1 amide bonds. The maximum absolute atomic E-state index is 11.4. The number of quaternary nitrogens is 1. The SMILES string of the molecule is CC(=O)N1CC[NH+](C[C@@H](O)COc2ccc(C(C)(C)CC(C)(C)C)cc2)CC1. The molecule has 1 atom stereocenters. The Labute approximate surface area is 170 Å². The summed E-state index contributed by atoms with van der Waals surface area (Å²) in [7, 11) is 0. The molecule has 5 heteroatoms. The van der Waals surface area contributed by atoms with Crippen molar-refractivity contribution < 1.29 is 19.5 Å². The summed E-state index contributed by atoms with van der Waals surface area (Å²) in [5.41, 5.74) is 1.70. The number of nitrogens with zero attached hydrogens (tertiary/aromatic N) is 1. The van der Waals surface area contributed by atoms with Crippen LogP contribution in [0.5, 0.6) is 5.75 Å². The molecule has 1 aromatic carbocycles. The topological polar surface area (TPSA) is 54.2 Å². The molecule has 0 aromatic heterocycles. The van der Waals surface area contributed by atoms with Crippen LogP contribution in [0.15, 0.2) is 24.3 Å². The molecule has 0 aliphatic carbocycles. The number of nitrogens with one attached hydrogen (secondary N) is 1. The molecule has 5 nitrogen and oxygen atoms in total. The monoisotopic (exact) mass is 391 g/mol. The molecule has 1 aliphatic heterocycles. The lowest BCUT2D eigenvalue weighted by atomic mass is 9.72. The summed E-state index contributed by atoms with van der Waals surface area (Å²) in [5, 5.41) is 10.3. The normalized spacial score (nSPS) is 17.5. The maximum atomic E-state index is 11.4. The number of aliphatic hydroxyl groups is 1. The minimum Gasteiger partial charge on any atom is -0.491 e. The first-order valence-electron chi connectivity index (χ1n) is 10.5. The van der Waals surface area contributed by atoms with Crippen molar-refractivity contribution in [3.63, 3.8) is 0 Å². The van der Waals surface area contributed by atoms with E-state index >= 15 is 0 Å². The largest absolute Gasteiger partial charge is 0.491 e. The average molecular weight is 392 g/mol. The molecular weight excluding hydrogens is 352 g/mol. The van der Waals surface area contributed by atoms with E-state index in [1.165, 1.54) is 10.5 Å². The highest BCUT2D eigenvalue weighted by molar-refractivity contribution is 5.73. The van der Waals surface area contributed by atoms with Gasteiger partial charge in [0.2, 0.25) is 5.91 Å². The quantitative estimate of drug-likeness (QED) is 0.746. The van der Waals surface area contributed by atoms with E-state index in [0.29, 0.717) is 13.2 Å². The Balaban J connectivity index is 1.79. The number of rotatable bonds is 7. The third kappa shape index (κ3) is 7.10. The van der Waals surface area contributed by atoms with Gasteiger partial charge in [0.1, 0.15) is 25.0 Å². The fourth-order valence-electron chi connectivity index (χ4n) is 4.36. The number of carbonyl (C=O) groups excluding carboxylic acids is 1. The van der Waals surface area contributed by atoms with Crippen LogP contribution in [0.1, 0.15) is 53.5 Å². The second kappa shape index (κ2) is 9.27. The average Bonchev–Trinajstić information content (AvgIpc) is 2.59. The highest BCUT2D eigenvalue weighted by Crippen LogP contribution is 2.36. The molecule has 1 aliphatic rings. The minimum absolute atomic E-state index is 0.113. The Hall–Kier alpha value is -1.59. The van der Waals surface area contributed by atoms with E-state index in [1.807, 2.05) is 17.0 Å². The number of ether oxygens (including phenoxy) is 1. The van der Waals surface area contributed by atoms with Crippen LogP contribution in [-0.2, 0) is 10.2 Å². The van der Waals surface area contributed by atoms with Crippen molar-refractivity contribution in [1.29, 1.82) is 0 Å². The zero-order valence-electron chi connectivity index (χ0n) is 18.5. The molecule has 0 saturated carbocycles. The summed E-state index contributed by atoms with van der Waals surface area (Å²) in [6.45, 7) is 17.3. The highest BCUT2D eigenvalue weighted by atomic mass is 16.5. The van der Waals surface area contributed by atoms with Gasteiger partial charge in [0.05, 0.1) is 26.2 Å². The third-order valence-corrected chi connectivity index (χ3v) is 5.49. The van der Waals surface area contributed by atoms with Crippen LogP contribution in [0.4, 0.5) is 0 Å². The van der Waals surface area contributed by atoms with Gasteiger partial charge in [0, 0.05) is 6.92 Å². The standard InChI is InChI=1S/C23H38N2O3/c1-18(26)25-13-11-24(12-14-25)15-20(27)16-28-21-9-7-19(8-10-21)23(5,6)17-22(2,3)4/h7-10,20,27H,11-17H2,1-6H3/p+1/t20-/m1/s1. The second-order valence-electron chi connectivity index (χ2n) is 10.1. The van der Waals surface area contributed by atoms with Gasteiger partial charge >= 0.3 is 0 Å². The fraction of sp³-hybridized carbons (Fsp3) is 0.696. The van der Waals surface area contributed by atoms with Crippen LogP contribution in [0.2, 0.25) is 0 Å². The Morgan fingerprint density at radius 2 is 1.71 bits per heavy atom. The van der Waals surface area contributed by atoms with E-state index in [0.717, 1.165) is 38.3 Å². The van der Waals surface area contributed by atoms with Gasteiger partial charge in [0.15, 0.2) is 0 Å². The third-order valence-electron chi connectivity index (χ3n) is 5.49. The van der Waals surface area contributed by atoms with Crippen LogP contribution in [0.3, 0.4) is 0 Å². The molecule has 2 N–H and O–H groups in total. The van der Waals surface area contributed by atoms with Gasteiger partial charge in [-0.2, -0.15) is 0 Å². The number of aliphatic hydroxyl groups excluding tert-OH is 1. The smallest absolute Gasteiger partial charge is 0.219 e. The maximum Gasteiger partial charge on any atom is 0.219 e. The Bertz CT molecular complexity index is 626. The van der Waals surface area contributed by atoms with E-state index in [1.54, 1.807) is 6.92 Å². The lowest BCUT2D eigenvalue weighted by Gasteiger charge is -2.33. The molecule has 1 heterocycles. The van der Waals surface area contributed by atoms with Crippen molar-refractivity contribution in [2.24, 2.45) is 5.41 Å². The first kappa shape index (κ1) is 22.7. The fourth-order valence-corrected chi connectivity index (χ4v) is 4.36. The molecular formula is C23H39N2O3+. The van der Waals surface area contributed by atoms with Gasteiger partial charge in [-0.05, 0) is 34.9 Å². The van der Waals surface area contributed by atoms with Crippen molar-refractivity contribution in [2.75, 3.05) is 39.3 Å². The zero-order chi connectivity index (χ0) is 20.9. The highest BCUT2D eigenvalue weighted by Gasteiger charge is 2.27. The molecule has 158 valence electrons. The van der Waals surface area contributed by atoms with E-state index in [9.17, 15) is 9.90 Å². The lowest BCUT2D eigenvalue weighted by Crippen LogP contribution is -3.15. The summed E-state index contributed by atoms with van der Waals surface area (Å²) in [5.74, 6) is 0.933. The van der Waals surface area contributed by atoms with Gasteiger partial charge in [-0.25, -0.2) is 0 Å². The summed E-state index contributed by atoms with van der Waals surface area (Å²) < 4.78 is 5.81.